The van der Waals surface area contributed by atoms with Gasteiger partial charge >= 0.3 is 16.4 Å². The first-order valence-corrected chi connectivity index (χ1v) is 13.1. The van der Waals surface area contributed by atoms with E-state index in [9.17, 15) is 26.8 Å². The molecule has 0 radical (unpaired) electrons. The van der Waals surface area contributed by atoms with Crippen LogP contribution in [0.2, 0.25) is 0 Å². The number of H-pyrrole nitrogens is 1. The summed E-state index contributed by atoms with van der Waals surface area (Å²) in [5.41, 5.74) is 0.0902. The van der Waals surface area contributed by atoms with Gasteiger partial charge in [-0.1, -0.05) is 17.7 Å². The Morgan fingerprint density at radius 1 is 1.18 bits per heavy atom. The molecule has 12 nitrogen and oxygen atoms in total. The van der Waals surface area contributed by atoms with Crippen molar-refractivity contribution in [3.8, 4) is 17.4 Å². The van der Waals surface area contributed by atoms with Crippen LogP contribution in [0, 0.1) is 6.92 Å². The van der Waals surface area contributed by atoms with Gasteiger partial charge in [0.25, 0.3) is 11.4 Å². The van der Waals surface area contributed by atoms with Gasteiger partial charge in [-0.25, -0.2) is 9.67 Å². The first-order chi connectivity index (χ1) is 18.5. The van der Waals surface area contributed by atoms with E-state index in [1.807, 2.05) is 0 Å². The molecule has 15 heteroatoms. The minimum atomic E-state index is -4.34. The molecule has 1 fully saturated rings. The van der Waals surface area contributed by atoms with Crippen molar-refractivity contribution in [1.82, 2.24) is 19.7 Å². The van der Waals surface area contributed by atoms with Crippen molar-refractivity contribution in [2.75, 3.05) is 4.90 Å². The van der Waals surface area contributed by atoms with Gasteiger partial charge in [0, 0.05) is 17.8 Å². The summed E-state index contributed by atoms with van der Waals surface area (Å²) in [7, 11) is -4.34. The minimum absolute atomic E-state index is 0.0601. The van der Waals surface area contributed by atoms with Crippen LogP contribution in [0.15, 0.2) is 58.5 Å². The second-order valence-electron chi connectivity index (χ2n) is 9.04. The Morgan fingerprint density at radius 3 is 2.62 bits per heavy atom. The number of aromatic nitrogens is 4. The monoisotopic (exact) mass is 559 g/mol. The Labute approximate surface area is 218 Å². The quantitative estimate of drug-likeness (QED) is 0.338. The van der Waals surface area contributed by atoms with E-state index in [0.29, 0.717) is 12.8 Å². The maximum Gasteiger partial charge on any atom is 0.586 e. The highest BCUT2D eigenvalue weighted by Crippen LogP contribution is 2.44. The number of hydrogen-bond acceptors (Lipinski definition) is 9. The lowest BCUT2D eigenvalue weighted by atomic mass is 10.2. The number of nitrogens with one attached hydrogen (secondary N) is 1. The molecule has 2 aromatic heterocycles. The number of anilines is 1. The van der Waals surface area contributed by atoms with E-state index in [2.05, 4.69) is 24.5 Å². The second-order valence-corrected chi connectivity index (χ2v) is 10.6. The third-order valence-electron chi connectivity index (χ3n) is 6.13. The molecule has 2 aliphatic rings. The minimum Gasteiger partial charge on any atom is -0.395 e. The number of alkyl halides is 2. The van der Waals surface area contributed by atoms with E-state index >= 15 is 0 Å². The zero-order chi connectivity index (χ0) is 27.5. The lowest BCUT2D eigenvalue weighted by Gasteiger charge is -2.23. The van der Waals surface area contributed by atoms with Crippen molar-refractivity contribution < 1.29 is 35.6 Å². The second kappa shape index (κ2) is 8.76. The first kappa shape index (κ1) is 24.8. The van der Waals surface area contributed by atoms with Crippen LogP contribution >= 0.6 is 0 Å². The summed E-state index contributed by atoms with van der Waals surface area (Å²) >= 11 is 0. The van der Waals surface area contributed by atoms with Gasteiger partial charge in [0.2, 0.25) is 5.91 Å². The summed E-state index contributed by atoms with van der Waals surface area (Å²) in [4.78, 5) is 34.3. The molecule has 6 rings (SSSR count). The van der Waals surface area contributed by atoms with E-state index in [4.69, 9.17) is 4.18 Å². The van der Waals surface area contributed by atoms with Gasteiger partial charge in [0.05, 0.1) is 6.33 Å². The molecular formula is C24H19F2N5O7S. The number of nitrogens with zero attached hydrogens (tertiary/aromatic N) is 4. The highest BCUT2D eigenvalue weighted by atomic mass is 32.2. The van der Waals surface area contributed by atoms with Crippen LogP contribution in [-0.4, -0.2) is 46.4 Å². The summed E-state index contributed by atoms with van der Waals surface area (Å²) in [5, 5.41) is 4.01. The van der Waals surface area contributed by atoms with Crippen molar-refractivity contribution >= 4 is 32.7 Å². The van der Waals surface area contributed by atoms with Crippen LogP contribution in [0.3, 0.4) is 0 Å². The molecule has 0 spiro atoms. The fourth-order valence-electron chi connectivity index (χ4n) is 4.15. The summed E-state index contributed by atoms with van der Waals surface area (Å²) < 4.78 is 67.7. The lowest BCUT2D eigenvalue weighted by molar-refractivity contribution is -0.286. The molecule has 1 saturated carbocycles. The van der Waals surface area contributed by atoms with Crippen molar-refractivity contribution in [2.24, 2.45) is 0 Å². The molecule has 39 heavy (non-hydrogen) atoms. The zero-order valence-corrected chi connectivity index (χ0v) is 20.9. The topological polar surface area (TPSA) is 146 Å². The maximum absolute atomic E-state index is 13.5. The van der Waals surface area contributed by atoms with Crippen LogP contribution in [0.25, 0.3) is 11.0 Å². The molecule has 4 aromatic rings. The van der Waals surface area contributed by atoms with Gasteiger partial charge in [-0.15, -0.1) is 13.9 Å². The van der Waals surface area contributed by atoms with E-state index in [1.54, 1.807) is 19.1 Å². The largest absolute Gasteiger partial charge is 0.586 e. The number of ether oxygens (including phenoxy) is 2. The number of fused-ring (bicyclic) bond motifs is 2. The third kappa shape index (κ3) is 4.65. The number of rotatable bonds is 7. The number of carbonyl (C=O) groups excluding carboxylic acids is 1. The van der Waals surface area contributed by atoms with Gasteiger partial charge in [0.1, 0.15) is 17.0 Å². The smallest absolute Gasteiger partial charge is 0.395 e. The summed E-state index contributed by atoms with van der Waals surface area (Å²) in [6.07, 6.45) is -1.34. The molecule has 3 heterocycles. The molecule has 0 bridgehead atoms. The molecule has 1 aliphatic heterocycles. The van der Waals surface area contributed by atoms with E-state index in [-0.39, 0.29) is 39.2 Å². The first-order valence-electron chi connectivity index (χ1n) is 11.7. The van der Waals surface area contributed by atoms with Crippen molar-refractivity contribution in [1.29, 1.82) is 0 Å². The molecule has 0 atom stereocenters. The molecule has 2 aromatic carbocycles. The highest BCUT2D eigenvalue weighted by molar-refractivity contribution is 7.87. The molecule has 1 aliphatic carbocycles. The standard InChI is InChI=1S/C24H19F2N5O7S/c1-13-2-7-16(8-3-13)39(34,35)38-22-20-21(28-12-27-20)23(33)30(29-22)11-19(32)31(14-4-5-14)15-6-9-17-18(10-15)37-24(25,26)36-17/h2-3,6-10,12,14H,4-5,11H2,1H3,(H,27,28). The number of carbonyl (C=O) groups is 1. The number of imidazole rings is 1. The highest BCUT2D eigenvalue weighted by Gasteiger charge is 2.44. The van der Waals surface area contributed by atoms with Gasteiger partial charge in [-0.05, 0) is 44.0 Å². The number of halogens is 2. The predicted molar refractivity (Wildman–Crippen MR) is 130 cm³/mol. The van der Waals surface area contributed by atoms with Crippen LogP contribution in [0.1, 0.15) is 18.4 Å². The van der Waals surface area contributed by atoms with Gasteiger partial charge in [-0.3, -0.25) is 9.59 Å². The van der Waals surface area contributed by atoms with Crippen LogP contribution in [0.5, 0.6) is 17.4 Å². The molecule has 0 unspecified atom stereocenters. The Balaban J connectivity index is 1.33. The third-order valence-corrected chi connectivity index (χ3v) is 7.36. The lowest BCUT2D eigenvalue weighted by Crippen LogP contribution is -2.39. The van der Waals surface area contributed by atoms with E-state index in [1.165, 1.54) is 41.6 Å². The van der Waals surface area contributed by atoms with Gasteiger partial charge in [0.15, 0.2) is 17.0 Å². The van der Waals surface area contributed by atoms with Crippen molar-refractivity contribution in [2.45, 2.75) is 43.5 Å². The Morgan fingerprint density at radius 2 is 1.90 bits per heavy atom. The summed E-state index contributed by atoms with van der Waals surface area (Å²) in [6, 6.07) is 9.62. The Bertz CT molecular complexity index is 1780. The fourth-order valence-corrected chi connectivity index (χ4v) is 5.04. The van der Waals surface area contributed by atoms with Crippen LogP contribution in [0.4, 0.5) is 14.5 Å². The normalized spacial score (nSPS) is 15.9. The molecular weight excluding hydrogens is 540 g/mol. The fraction of sp³-hybridized carbons (Fsp3) is 0.250. The zero-order valence-electron chi connectivity index (χ0n) is 20.1. The van der Waals surface area contributed by atoms with Crippen LogP contribution < -0.4 is 24.1 Å². The van der Waals surface area contributed by atoms with Gasteiger partial charge < -0.3 is 23.5 Å². The average molecular weight is 560 g/mol. The van der Waals surface area contributed by atoms with Crippen molar-refractivity contribution in [3.05, 3.63) is 64.7 Å². The molecule has 202 valence electrons. The predicted octanol–water partition coefficient (Wildman–Crippen LogP) is 2.71. The van der Waals surface area contributed by atoms with Crippen molar-refractivity contribution in [3.63, 3.8) is 0 Å². The Kier molecular flexibility index (Phi) is 5.57. The maximum atomic E-state index is 13.5. The molecule has 1 amide bonds. The van der Waals surface area contributed by atoms with Crippen LogP contribution in [-0.2, 0) is 21.5 Å². The Hall–Kier alpha value is -4.53. The SMILES string of the molecule is Cc1ccc(S(=O)(=O)Oc2nn(CC(=O)N(c3ccc4c(c3)OC(F)(F)O4)C3CC3)c(=O)c3nc[nH]c23)cc1. The number of aromatic amines is 1. The number of amides is 1. The van der Waals surface area contributed by atoms with E-state index in [0.717, 1.165) is 10.2 Å². The summed E-state index contributed by atoms with van der Waals surface area (Å²) in [5.74, 6) is -1.48. The van der Waals surface area contributed by atoms with Gasteiger partial charge in [-0.2, -0.15) is 8.42 Å². The average Bonchev–Trinajstić information content (AvgIpc) is 3.46. The van der Waals surface area contributed by atoms with E-state index < -0.39 is 40.3 Å². The number of benzene rings is 2. The molecule has 1 N–H and O–H groups in total. The number of hydrogen-bond donors (Lipinski definition) is 1. The summed E-state index contributed by atoms with van der Waals surface area (Å²) in [6.45, 7) is 1.19. The number of aryl methyl sites for hydroxylation is 1. The molecule has 0 saturated heterocycles.